The van der Waals surface area contributed by atoms with Crippen LogP contribution < -0.4 is 15.5 Å². The van der Waals surface area contributed by atoms with Crippen LogP contribution in [0.3, 0.4) is 0 Å². The lowest BCUT2D eigenvalue weighted by Gasteiger charge is -2.31. The van der Waals surface area contributed by atoms with Gasteiger partial charge >= 0.3 is 0 Å². The number of hydrogen-bond acceptors (Lipinski definition) is 3. The monoisotopic (exact) mass is 329 g/mol. The summed E-state index contributed by atoms with van der Waals surface area (Å²) >= 11 is 0. The number of amides is 2. The number of nitrogens with zero attached hydrogens (tertiary/aromatic N) is 1. The quantitative estimate of drug-likeness (QED) is 0.888. The fourth-order valence-electron chi connectivity index (χ4n) is 3.67. The summed E-state index contributed by atoms with van der Waals surface area (Å²) < 4.78 is 0. The maximum atomic E-state index is 12.6. The molecule has 0 saturated carbocycles. The van der Waals surface area contributed by atoms with Crippen molar-refractivity contribution in [2.24, 2.45) is 11.8 Å². The summed E-state index contributed by atoms with van der Waals surface area (Å²) in [5.74, 6) is 0.242. The van der Waals surface area contributed by atoms with Gasteiger partial charge in [-0.25, -0.2) is 0 Å². The van der Waals surface area contributed by atoms with Crippen LogP contribution in [0.25, 0.3) is 0 Å². The summed E-state index contributed by atoms with van der Waals surface area (Å²) in [6.45, 7) is 8.58. The van der Waals surface area contributed by atoms with E-state index in [4.69, 9.17) is 0 Å². The number of benzene rings is 1. The Labute approximate surface area is 143 Å². The van der Waals surface area contributed by atoms with Crippen LogP contribution in [0.5, 0.6) is 0 Å². The molecule has 2 heterocycles. The Morgan fingerprint density at radius 2 is 2.12 bits per heavy atom. The van der Waals surface area contributed by atoms with Gasteiger partial charge in [0.1, 0.15) is 0 Å². The first-order valence-electron chi connectivity index (χ1n) is 8.85. The molecule has 2 saturated heterocycles. The third-order valence-corrected chi connectivity index (χ3v) is 5.48. The lowest BCUT2D eigenvalue weighted by molar-refractivity contribution is -0.127. The zero-order chi connectivity index (χ0) is 17.3. The number of nitrogens with one attached hydrogen (secondary N) is 2. The Bertz CT molecular complexity index is 643. The van der Waals surface area contributed by atoms with E-state index in [9.17, 15) is 9.59 Å². The molecule has 2 aliphatic rings. The van der Waals surface area contributed by atoms with Gasteiger partial charge in [0.05, 0.1) is 5.92 Å². The Kier molecular flexibility index (Phi) is 4.90. The van der Waals surface area contributed by atoms with Crippen molar-refractivity contribution in [2.45, 2.75) is 39.7 Å². The summed E-state index contributed by atoms with van der Waals surface area (Å²) in [6.07, 6.45) is 1.26. The van der Waals surface area contributed by atoms with Crippen molar-refractivity contribution in [3.8, 4) is 0 Å². The van der Waals surface area contributed by atoms with Gasteiger partial charge in [-0.2, -0.15) is 0 Å². The molecule has 5 heteroatoms. The number of hydrogen-bond donors (Lipinski definition) is 2. The molecular formula is C19H27N3O2. The predicted molar refractivity (Wildman–Crippen MR) is 95.0 cm³/mol. The maximum absolute atomic E-state index is 12.6. The summed E-state index contributed by atoms with van der Waals surface area (Å²) in [5, 5.41) is 6.51. The normalized spacial score (nSPS) is 27.4. The van der Waals surface area contributed by atoms with Crippen molar-refractivity contribution in [3.05, 3.63) is 29.3 Å². The lowest BCUT2D eigenvalue weighted by Crippen LogP contribution is -2.50. The summed E-state index contributed by atoms with van der Waals surface area (Å²) in [7, 11) is 0. The van der Waals surface area contributed by atoms with Crippen LogP contribution in [-0.2, 0) is 9.59 Å². The molecule has 1 aromatic rings. The average Bonchev–Trinajstić information content (AvgIpc) is 2.94. The minimum Gasteiger partial charge on any atom is -0.353 e. The minimum atomic E-state index is -0.250. The molecule has 3 atom stereocenters. The van der Waals surface area contributed by atoms with E-state index >= 15 is 0 Å². The van der Waals surface area contributed by atoms with Crippen molar-refractivity contribution in [1.82, 2.24) is 10.6 Å². The Hall–Kier alpha value is -1.88. The number of rotatable bonds is 3. The molecule has 2 amide bonds. The first-order chi connectivity index (χ1) is 11.5. The molecule has 5 nitrogen and oxygen atoms in total. The zero-order valence-corrected chi connectivity index (χ0v) is 14.8. The van der Waals surface area contributed by atoms with Crippen LogP contribution >= 0.6 is 0 Å². The number of aryl methyl sites for hydroxylation is 1. The highest BCUT2D eigenvalue weighted by Crippen LogP contribution is 2.29. The average molecular weight is 329 g/mol. The van der Waals surface area contributed by atoms with E-state index in [-0.39, 0.29) is 23.8 Å². The Balaban J connectivity index is 1.68. The second-order valence-corrected chi connectivity index (χ2v) is 7.21. The zero-order valence-electron chi connectivity index (χ0n) is 14.8. The first-order valence-corrected chi connectivity index (χ1v) is 8.85. The van der Waals surface area contributed by atoms with Crippen molar-refractivity contribution in [1.29, 1.82) is 0 Å². The molecule has 0 aromatic heterocycles. The summed E-state index contributed by atoms with van der Waals surface area (Å²) in [4.78, 5) is 26.8. The van der Waals surface area contributed by atoms with Gasteiger partial charge in [-0.15, -0.1) is 0 Å². The van der Waals surface area contributed by atoms with Gasteiger partial charge in [-0.05, 0) is 56.5 Å². The summed E-state index contributed by atoms with van der Waals surface area (Å²) in [6, 6.07) is 6.19. The third kappa shape index (κ3) is 3.31. The maximum Gasteiger partial charge on any atom is 0.227 e. The molecule has 130 valence electrons. The van der Waals surface area contributed by atoms with Crippen LogP contribution in [0.4, 0.5) is 5.69 Å². The largest absolute Gasteiger partial charge is 0.353 e. The van der Waals surface area contributed by atoms with E-state index in [2.05, 4.69) is 17.6 Å². The molecule has 2 fully saturated rings. The van der Waals surface area contributed by atoms with E-state index in [0.717, 1.165) is 36.3 Å². The molecule has 2 N–H and O–H groups in total. The third-order valence-electron chi connectivity index (χ3n) is 5.48. The predicted octanol–water partition coefficient (Wildman–Crippen LogP) is 1.77. The van der Waals surface area contributed by atoms with Gasteiger partial charge in [0, 0.05) is 24.7 Å². The van der Waals surface area contributed by atoms with E-state index in [0.29, 0.717) is 18.9 Å². The van der Waals surface area contributed by atoms with Gasteiger partial charge < -0.3 is 15.5 Å². The van der Waals surface area contributed by atoms with Crippen LogP contribution in [0, 0.1) is 25.7 Å². The lowest BCUT2D eigenvalue weighted by atomic mass is 9.94. The molecule has 0 bridgehead atoms. The van der Waals surface area contributed by atoms with Crippen molar-refractivity contribution in [2.75, 3.05) is 24.5 Å². The number of piperidine rings is 1. The van der Waals surface area contributed by atoms with Gasteiger partial charge in [0.2, 0.25) is 11.8 Å². The van der Waals surface area contributed by atoms with Crippen LogP contribution in [0.2, 0.25) is 0 Å². The first kappa shape index (κ1) is 17.0. The second kappa shape index (κ2) is 6.93. The van der Waals surface area contributed by atoms with Crippen molar-refractivity contribution in [3.63, 3.8) is 0 Å². The van der Waals surface area contributed by atoms with E-state index in [1.54, 1.807) is 4.90 Å². The topological polar surface area (TPSA) is 61.4 Å². The van der Waals surface area contributed by atoms with Gasteiger partial charge in [-0.3, -0.25) is 9.59 Å². The van der Waals surface area contributed by atoms with Crippen LogP contribution in [0.1, 0.15) is 30.9 Å². The standard InChI is InChI=1S/C19H27N3O2/c1-12-5-4-6-17(14(12)3)22-11-15(9-18(22)23)19(24)21-16-7-8-20-10-13(16)2/h4-6,13,15-16,20H,7-11H2,1-3H3,(H,21,24). The van der Waals surface area contributed by atoms with Crippen LogP contribution in [-0.4, -0.2) is 37.5 Å². The molecule has 0 aliphatic carbocycles. The molecule has 3 rings (SSSR count). The second-order valence-electron chi connectivity index (χ2n) is 7.21. The molecule has 2 aliphatic heterocycles. The summed E-state index contributed by atoms with van der Waals surface area (Å²) in [5.41, 5.74) is 3.21. The van der Waals surface area contributed by atoms with E-state index in [1.165, 1.54) is 0 Å². The molecule has 0 radical (unpaired) electrons. The Morgan fingerprint density at radius 1 is 1.33 bits per heavy atom. The Morgan fingerprint density at radius 3 is 2.88 bits per heavy atom. The smallest absolute Gasteiger partial charge is 0.227 e. The van der Waals surface area contributed by atoms with Gasteiger partial charge in [0.25, 0.3) is 0 Å². The van der Waals surface area contributed by atoms with E-state index in [1.807, 2.05) is 32.0 Å². The highest BCUT2D eigenvalue weighted by molar-refractivity contribution is 6.01. The molecule has 1 aromatic carbocycles. The highest BCUT2D eigenvalue weighted by atomic mass is 16.2. The number of carbonyl (C=O) groups is 2. The van der Waals surface area contributed by atoms with Crippen LogP contribution in [0.15, 0.2) is 18.2 Å². The van der Waals surface area contributed by atoms with Gasteiger partial charge in [-0.1, -0.05) is 19.1 Å². The van der Waals surface area contributed by atoms with Crippen molar-refractivity contribution >= 4 is 17.5 Å². The molecule has 24 heavy (non-hydrogen) atoms. The highest BCUT2D eigenvalue weighted by Gasteiger charge is 2.37. The van der Waals surface area contributed by atoms with E-state index < -0.39 is 0 Å². The SMILES string of the molecule is Cc1cccc(N2CC(C(=O)NC3CCNCC3C)CC2=O)c1C. The molecule has 0 spiro atoms. The molecule has 3 unspecified atom stereocenters. The minimum absolute atomic E-state index is 0.0231. The number of carbonyl (C=O) groups excluding carboxylic acids is 2. The number of anilines is 1. The van der Waals surface area contributed by atoms with Gasteiger partial charge in [0.15, 0.2) is 0 Å². The fourth-order valence-corrected chi connectivity index (χ4v) is 3.67. The van der Waals surface area contributed by atoms with Crippen molar-refractivity contribution < 1.29 is 9.59 Å². The molecular weight excluding hydrogens is 302 g/mol. The fraction of sp³-hybridized carbons (Fsp3) is 0.579.